The van der Waals surface area contributed by atoms with E-state index in [4.69, 9.17) is 0 Å². The van der Waals surface area contributed by atoms with Crippen molar-refractivity contribution >= 4 is 5.78 Å². The first kappa shape index (κ1) is 14.4. The van der Waals surface area contributed by atoms with Crippen molar-refractivity contribution in [2.75, 3.05) is 6.61 Å². The molecule has 0 saturated heterocycles. The van der Waals surface area contributed by atoms with E-state index >= 15 is 0 Å². The molecule has 1 aromatic rings. The van der Waals surface area contributed by atoms with Gasteiger partial charge in [-0.2, -0.15) is 0 Å². The van der Waals surface area contributed by atoms with Gasteiger partial charge in [0.05, 0.1) is 0 Å². The van der Waals surface area contributed by atoms with Crippen molar-refractivity contribution in [3.8, 4) is 0 Å². The molecule has 3 aliphatic carbocycles. The molecule has 0 aromatic heterocycles. The zero-order chi connectivity index (χ0) is 15.2. The first-order valence-corrected chi connectivity index (χ1v) is 8.98. The second-order valence-electron chi connectivity index (χ2n) is 7.60. The summed E-state index contributed by atoms with van der Waals surface area (Å²) < 4.78 is 0. The molecule has 0 heterocycles. The Kier molecular flexibility index (Phi) is 3.60. The Bertz CT molecular complexity index is 579. The van der Waals surface area contributed by atoms with E-state index in [0.717, 1.165) is 38.5 Å². The zero-order valence-corrected chi connectivity index (χ0v) is 13.3. The maximum Gasteiger partial charge on any atom is 0.139 e. The van der Waals surface area contributed by atoms with Crippen LogP contribution in [0.25, 0.3) is 0 Å². The number of carbonyl (C=O) groups is 1. The van der Waals surface area contributed by atoms with Crippen LogP contribution in [-0.4, -0.2) is 17.5 Å². The molecule has 0 aliphatic heterocycles. The Morgan fingerprint density at radius 3 is 2.86 bits per heavy atom. The molecule has 3 aliphatic rings. The van der Waals surface area contributed by atoms with Crippen LogP contribution in [0.3, 0.4) is 0 Å². The van der Waals surface area contributed by atoms with Gasteiger partial charge < -0.3 is 5.11 Å². The lowest BCUT2D eigenvalue weighted by Crippen LogP contribution is -2.44. The average molecular weight is 298 g/mol. The maximum absolute atomic E-state index is 12.7. The third-order valence-electron chi connectivity index (χ3n) is 6.87. The summed E-state index contributed by atoms with van der Waals surface area (Å²) in [6.07, 6.45) is 8.21. The predicted octanol–water partition coefficient (Wildman–Crippen LogP) is 3.86. The molecule has 22 heavy (non-hydrogen) atoms. The fourth-order valence-electron chi connectivity index (χ4n) is 5.95. The minimum atomic E-state index is -0.0871. The Hall–Kier alpha value is -1.15. The number of hydrogen-bond acceptors (Lipinski definition) is 2. The van der Waals surface area contributed by atoms with Crippen LogP contribution in [0.15, 0.2) is 24.3 Å². The molecule has 0 amide bonds. The lowest BCUT2D eigenvalue weighted by molar-refractivity contribution is -0.131. The van der Waals surface area contributed by atoms with E-state index in [1.165, 1.54) is 18.4 Å². The molecule has 118 valence electrons. The second-order valence-corrected chi connectivity index (χ2v) is 7.60. The van der Waals surface area contributed by atoms with Gasteiger partial charge in [0.25, 0.3) is 0 Å². The second kappa shape index (κ2) is 5.49. The third kappa shape index (κ3) is 2.00. The number of fused-ring (bicyclic) bond motifs is 5. The van der Waals surface area contributed by atoms with E-state index in [9.17, 15) is 9.90 Å². The number of rotatable bonds is 3. The normalized spacial score (nSPS) is 36.6. The first-order chi connectivity index (χ1) is 10.8. The van der Waals surface area contributed by atoms with Gasteiger partial charge in [-0.15, -0.1) is 0 Å². The van der Waals surface area contributed by atoms with Crippen molar-refractivity contribution in [3.63, 3.8) is 0 Å². The Balaban J connectivity index is 1.67. The molecule has 1 aromatic carbocycles. The van der Waals surface area contributed by atoms with E-state index in [0.29, 0.717) is 23.5 Å². The van der Waals surface area contributed by atoms with Crippen molar-refractivity contribution in [2.45, 2.75) is 57.3 Å². The van der Waals surface area contributed by atoms with Crippen LogP contribution < -0.4 is 0 Å². The summed E-state index contributed by atoms with van der Waals surface area (Å²) in [7, 11) is 0. The van der Waals surface area contributed by atoms with Crippen LogP contribution in [0.4, 0.5) is 0 Å². The topological polar surface area (TPSA) is 37.3 Å². The lowest BCUT2D eigenvalue weighted by atomic mass is 9.54. The number of aliphatic hydroxyl groups is 1. The maximum atomic E-state index is 12.7. The van der Waals surface area contributed by atoms with E-state index in [1.807, 2.05) is 0 Å². The van der Waals surface area contributed by atoms with Gasteiger partial charge in [-0.05, 0) is 73.8 Å². The first-order valence-electron chi connectivity index (χ1n) is 8.98. The van der Waals surface area contributed by atoms with Gasteiger partial charge in [0, 0.05) is 18.4 Å². The molecule has 0 bridgehead atoms. The van der Waals surface area contributed by atoms with Crippen molar-refractivity contribution < 1.29 is 9.90 Å². The number of Topliss-reactive ketones (excluding diaryl/α,β-unsaturated/α-hetero) is 1. The molecule has 0 unspecified atom stereocenters. The SMILES string of the molecule is O=C1CC[C@H]2[C@@H]3CCc4ccccc4[C@H]3CC[C@]12CCCO. The summed E-state index contributed by atoms with van der Waals surface area (Å²) in [4.78, 5) is 12.7. The van der Waals surface area contributed by atoms with Crippen molar-refractivity contribution in [1.82, 2.24) is 0 Å². The van der Waals surface area contributed by atoms with E-state index in [2.05, 4.69) is 24.3 Å². The van der Waals surface area contributed by atoms with Crippen molar-refractivity contribution in [2.24, 2.45) is 17.3 Å². The fourth-order valence-corrected chi connectivity index (χ4v) is 5.95. The highest BCUT2D eigenvalue weighted by atomic mass is 16.3. The summed E-state index contributed by atoms with van der Waals surface area (Å²) >= 11 is 0. The molecule has 0 radical (unpaired) electrons. The largest absolute Gasteiger partial charge is 0.396 e. The molecular formula is C20H26O2. The third-order valence-corrected chi connectivity index (χ3v) is 6.87. The van der Waals surface area contributed by atoms with Gasteiger partial charge >= 0.3 is 0 Å². The Morgan fingerprint density at radius 1 is 1.14 bits per heavy atom. The van der Waals surface area contributed by atoms with Gasteiger partial charge in [0.1, 0.15) is 5.78 Å². The van der Waals surface area contributed by atoms with Crippen LogP contribution in [0, 0.1) is 17.3 Å². The number of benzene rings is 1. The van der Waals surface area contributed by atoms with Crippen LogP contribution in [0.2, 0.25) is 0 Å². The summed E-state index contributed by atoms with van der Waals surface area (Å²) in [6, 6.07) is 8.95. The monoisotopic (exact) mass is 298 g/mol. The quantitative estimate of drug-likeness (QED) is 0.920. The van der Waals surface area contributed by atoms with Gasteiger partial charge in [0.15, 0.2) is 0 Å². The average Bonchev–Trinajstić information content (AvgIpc) is 2.90. The molecule has 4 rings (SSSR count). The van der Waals surface area contributed by atoms with Gasteiger partial charge in [0.2, 0.25) is 0 Å². The van der Waals surface area contributed by atoms with E-state index < -0.39 is 0 Å². The molecular weight excluding hydrogens is 272 g/mol. The molecule has 2 nitrogen and oxygen atoms in total. The van der Waals surface area contributed by atoms with Gasteiger partial charge in [-0.25, -0.2) is 0 Å². The highest BCUT2D eigenvalue weighted by Gasteiger charge is 2.56. The summed E-state index contributed by atoms with van der Waals surface area (Å²) in [6.45, 7) is 0.221. The Labute approximate surface area is 132 Å². The highest BCUT2D eigenvalue weighted by molar-refractivity contribution is 5.87. The summed E-state index contributed by atoms with van der Waals surface area (Å²) in [5.74, 6) is 2.43. The molecule has 0 spiro atoms. The minimum absolute atomic E-state index is 0.0871. The van der Waals surface area contributed by atoms with Crippen molar-refractivity contribution in [3.05, 3.63) is 35.4 Å². The number of aliphatic hydroxyl groups excluding tert-OH is 1. The molecule has 2 saturated carbocycles. The number of carbonyl (C=O) groups excluding carboxylic acids is 1. The fraction of sp³-hybridized carbons (Fsp3) is 0.650. The number of ketones is 1. The van der Waals surface area contributed by atoms with Crippen LogP contribution in [0.5, 0.6) is 0 Å². The number of hydrogen-bond donors (Lipinski definition) is 1. The lowest BCUT2D eigenvalue weighted by Gasteiger charge is -2.49. The van der Waals surface area contributed by atoms with E-state index in [1.54, 1.807) is 5.56 Å². The minimum Gasteiger partial charge on any atom is -0.396 e. The summed E-state index contributed by atoms with van der Waals surface area (Å²) in [5.41, 5.74) is 3.01. The van der Waals surface area contributed by atoms with Gasteiger partial charge in [-0.1, -0.05) is 24.3 Å². The van der Waals surface area contributed by atoms with Crippen LogP contribution in [0.1, 0.15) is 62.0 Å². The zero-order valence-electron chi connectivity index (χ0n) is 13.3. The molecule has 1 N–H and O–H groups in total. The van der Waals surface area contributed by atoms with Crippen LogP contribution >= 0.6 is 0 Å². The predicted molar refractivity (Wildman–Crippen MR) is 86.7 cm³/mol. The van der Waals surface area contributed by atoms with E-state index in [-0.39, 0.29) is 12.0 Å². The number of aryl methyl sites for hydroxylation is 1. The van der Waals surface area contributed by atoms with Crippen molar-refractivity contribution in [1.29, 1.82) is 0 Å². The molecule has 2 fully saturated rings. The standard InChI is InChI=1S/C20H26O2/c21-13-3-11-20-12-10-16-15-5-2-1-4-14(15)6-7-17(16)18(20)8-9-19(20)22/h1-2,4-5,16-18,21H,3,6-13H2/t16-,17-,18+,20+/m1/s1. The molecule has 2 heteroatoms. The Morgan fingerprint density at radius 2 is 2.00 bits per heavy atom. The highest BCUT2D eigenvalue weighted by Crippen LogP contribution is 2.61. The summed E-state index contributed by atoms with van der Waals surface area (Å²) in [5, 5.41) is 9.25. The smallest absolute Gasteiger partial charge is 0.139 e. The van der Waals surface area contributed by atoms with Crippen LogP contribution in [-0.2, 0) is 11.2 Å². The molecule has 4 atom stereocenters. The van der Waals surface area contributed by atoms with Gasteiger partial charge in [-0.3, -0.25) is 4.79 Å².